The van der Waals surface area contributed by atoms with Crippen LogP contribution in [0.25, 0.3) is 17.0 Å². The molecule has 2 amide bonds. The normalized spacial score (nSPS) is 10.6. The first-order valence-electron chi connectivity index (χ1n) is 9.73. The van der Waals surface area contributed by atoms with Gasteiger partial charge in [-0.05, 0) is 42.8 Å². The molecule has 0 aliphatic carbocycles. The average molecular weight is 418 g/mol. The molecule has 0 aliphatic rings. The highest BCUT2D eigenvalue weighted by atomic mass is 16.5. The first-order valence-corrected chi connectivity index (χ1v) is 9.73. The van der Waals surface area contributed by atoms with Crippen LogP contribution in [0.1, 0.15) is 5.56 Å². The summed E-state index contributed by atoms with van der Waals surface area (Å²) in [6.07, 6.45) is 0. The van der Waals surface area contributed by atoms with E-state index in [1.165, 1.54) is 0 Å². The Morgan fingerprint density at radius 3 is 2.77 bits per heavy atom. The molecule has 0 aliphatic heterocycles. The van der Waals surface area contributed by atoms with Gasteiger partial charge in [-0.15, -0.1) is 15.3 Å². The summed E-state index contributed by atoms with van der Waals surface area (Å²) < 4.78 is 12.6. The maximum Gasteiger partial charge on any atom is 0.319 e. The van der Waals surface area contributed by atoms with E-state index >= 15 is 0 Å². The number of carbonyl (C=O) groups excluding carboxylic acids is 1. The number of methoxy groups -OCH3 is 1. The summed E-state index contributed by atoms with van der Waals surface area (Å²) in [6.45, 7) is 2.55. The number of aryl methyl sites for hydroxylation is 1. The lowest BCUT2D eigenvalue weighted by atomic mass is 10.2. The zero-order valence-corrected chi connectivity index (χ0v) is 17.2. The van der Waals surface area contributed by atoms with E-state index in [0.29, 0.717) is 23.9 Å². The van der Waals surface area contributed by atoms with Gasteiger partial charge in [-0.1, -0.05) is 24.3 Å². The van der Waals surface area contributed by atoms with Crippen molar-refractivity contribution in [2.75, 3.05) is 25.6 Å². The molecule has 4 rings (SSSR count). The van der Waals surface area contributed by atoms with Gasteiger partial charge in [0.25, 0.3) is 0 Å². The number of ether oxygens (including phenoxy) is 2. The average Bonchev–Trinajstić information content (AvgIpc) is 3.20. The zero-order chi connectivity index (χ0) is 21.6. The van der Waals surface area contributed by atoms with Crippen molar-refractivity contribution in [2.45, 2.75) is 6.92 Å². The minimum absolute atomic E-state index is 0.260. The van der Waals surface area contributed by atoms with Gasteiger partial charge in [-0.25, -0.2) is 4.79 Å². The van der Waals surface area contributed by atoms with Crippen molar-refractivity contribution in [1.82, 2.24) is 25.1 Å². The van der Waals surface area contributed by atoms with Crippen LogP contribution in [0.2, 0.25) is 0 Å². The van der Waals surface area contributed by atoms with E-state index in [2.05, 4.69) is 25.9 Å². The Kier molecular flexibility index (Phi) is 5.93. The Hall–Kier alpha value is -4.14. The molecular weight excluding hydrogens is 396 g/mol. The van der Waals surface area contributed by atoms with Crippen LogP contribution >= 0.6 is 0 Å². The number of rotatable bonds is 7. The van der Waals surface area contributed by atoms with E-state index in [0.717, 1.165) is 22.6 Å². The molecule has 0 radical (unpaired) electrons. The van der Waals surface area contributed by atoms with Crippen LogP contribution in [0.4, 0.5) is 10.5 Å². The maximum atomic E-state index is 12.0. The second-order valence-corrected chi connectivity index (χ2v) is 6.80. The van der Waals surface area contributed by atoms with Crippen molar-refractivity contribution < 1.29 is 14.3 Å². The SMILES string of the molecule is COc1cccc(-c2nnc3ccc(OCCNC(=O)Nc4cccc(C)c4)nn23)c1. The first kappa shape index (κ1) is 20.1. The molecule has 0 atom stereocenters. The second-order valence-electron chi connectivity index (χ2n) is 6.80. The van der Waals surface area contributed by atoms with Crippen LogP contribution in [-0.2, 0) is 0 Å². The Labute approximate surface area is 179 Å². The third-order valence-corrected chi connectivity index (χ3v) is 4.48. The fraction of sp³-hybridized carbons (Fsp3) is 0.182. The molecule has 31 heavy (non-hydrogen) atoms. The van der Waals surface area contributed by atoms with Gasteiger partial charge >= 0.3 is 6.03 Å². The number of anilines is 1. The number of amides is 2. The molecule has 2 aromatic heterocycles. The zero-order valence-electron chi connectivity index (χ0n) is 17.2. The van der Waals surface area contributed by atoms with Crippen molar-refractivity contribution >= 4 is 17.4 Å². The van der Waals surface area contributed by atoms with Crippen LogP contribution in [0.3, 0.4) is 0 Å². The van der Waals surface area contributed by atoms with Crippen molar-refractivity contribution in [3.63, 3.8) is 0 Å². The summed E-state index contributed by atoms with van der Waals surface area (Å²) in [6, 6.07) is 18.3. The van der Waals surface area contributed by atoms with Crippen LogP contribution < -0.4 is 20.1 Å². The van der Waals surface area contributed by atoms with Crippen molar-refractivity contribution in [2.24, 2.45) is 0 Å². The summed E-state index contributed by atoms with van der Waals surface area (Å²) in [7, 11) is 1.61. The number of hydrogen-bond acceptors (Lipinski definition) is 6. The van der Waals surface area contributed by atoms with Crippen LogP contribution in [0.5, 0.6) is 11.6 Å². The first-order chi connectivity index (χ1) is 15.1. The van der Waals surface area contributed by atoms with Crippen LogP contribution in [0.15, 0.2) is 60.7 Å². The smallest absolute Gasteiger partial charge is 0.319 e. The van der Waals surface area contributed by atoms with Crippen molar-refractivity contribution in [1.29, 1.82) is 0 Å². The fourth-order valence-electron chi connectivity index (χ4n) is 3.01. The number of aromatic nitrogens is 4. The molecule has 0 fully saturated rings. The molecule has 9 heteroatoms. The summed E-state index contributed by atoms with van der Waals surface area (Å²) in [4.78, 5) is 12.0. The van der Waals surface area contributed by atoms with Gasteiger partial charge in [0, 0.05) is 17.3 Å². The van der Waals surface area contributed by atoms with Gasteiger partial charge < -0.3 is 20.1 Å². The molecule has 0 saturated carbocycles. The number of fused-ring (bicyclic) bond motifs is 1. The third kappa shape index (κ3) is 4.89. The summed E-state index contributed by atoms with van der Waals surface area (Å²) in [5, 5.41) is 18.4. The number of nitrogens with one attached hydrogen (secondary N) is 2. The number of nitrogens with zero attached hydrogens (tertiary/aromatic N) is 4. The Morgan fingerprint density at radius 1 is 1.06 bits per heavy atom. The van der Waals surface area contributed by atoms with E-state index in [1.807, 2.05) is 55.5 Å². The predicted molar refractivity (Wildman–Crippen MR) is 116 cm³/mol. The number of urea groups is 1. The van der Waals surface area contributed by atoms with Crippen LogP contribution in [0, 0.1) is 6.92 Å². The predicted octanol–water partition coefficient (Wildman–Crippen LogP) is 3.31. The van der Waals surface area contributed by atoms with E-state index in [9.17, 15) is 4.79 Å². The molecule has 9 nitrogen and oxygen atoms in total. The van der Waals surface area contributed by atoms with Gasteiger partial charge in [0.2, 0.25) is 5.88 Å². The number of benzene rings is 2. The van der Waals surface area contributed by atoms with Crippen LogP contribution in [-0.4, -0.2) is 46.1 Å². The molecule has 0 spiro atoms. The largest absolute Gasteiger partial charge is 0.497 e. The van der Waals surface area contributed by atoms with E-state index < -0.39 is 0 Å². The second kappa shape index (κ2) is 9.12. The highest BCUT2D eigenvalue weighted by Gasteiger charge is 2.11. The van der Waals surface area contributed by atoms with Crippen molar-refractivity contribution in [3.05, 3.63) is 66.2 Å². The minimum atomic E-state index is -0.295. The topological polar surface area (TPSA) is 103 Å². The lowest BCUT2D eigenvalue weighted by Crippen LogP contribution is -2.32. The fourth-order valence-corrected chi connectivity index (χ4v) is 3.01. The van der Waals surface area contributed by atoms with Crippen molar-refractivity contribution in [3.8, 4) is 23.0 Å². The van der Waals surface area contributed by atoms with Gasteiger partial charge in [-0.2, -0.15) is 4.52 Å². The lowest BCUT2D eigenvalue weighted by molar-refractivity contribution is 0.246. The van der Waals surface area contributed by atoms with Gasteiger partial charge in [0.1, 0.15) is 12.4 Å². The molecule has 2 heterocycles. The van der Waals surface area contributed by atoms with Gasteiger partial charge in [-0.3, -0.25) is 0 Å². The number of carbonyl (C=O) groups is 1. The Morgan fingerprint density at radius 2 is 1.94 bits per heavy atom. The maximum absolute atomic E-state index is 12.0. The standard InChI is InChI=1S/C22H22N6O3/c1-15-5-3-7-17(13-15)24-22(29)23-11-12-31-20-10-9-19-25-26-21(28(19)27-20)16-6-4-8-18(14-16)30-2/h3-10,13-14H,11-12H2,1-2H3,(H2,23,24,29). The van der Waals surface area contributed by atoms with Gasteiger partial charge in [0.05, 0.1) is 13.7 Å². The molecule has 2 aromatic carbocycles. The lowest BCUT2D eigenvalue weighted by Gasteiger charge is -2.09. The minimum Gasteiger partial charge on any atom is -0.497 e. The molecular formula is C22H22N6O3. The highest BCUT2D eigenvalue weighted by molar-refractivity contribution is 5.89. The molecule has 0 saturated heterocycles. The molecule has 2 N–H and O–H groups in total. The monoisotopic (exact) mass is 418 g/mol. The number of hydrogen-bond donors (Lipinski definition) is 2. The molecule has 0 bridgehead atoms. The Bertz CT molecular complexity index is 1210. The summed E-state index contributed by atoms with van der Waals surface area (Å²) >= 11 is 0. The summed E-state index contributed by atoms with van der Waals surface area (Å²) in [5.74, 6) is 1.70. The molecule has 4 aromatic rings. The highest BCUT2D eigenvalue weighted by Crippen LogP contribution is 2.23. The van der Waals surface area contributed by atoms with E-state index in [4.69, 9.17) is 9.47 Å². The van der Waals surface area contributed by atoms with Gasteiger partial charge in [0.15, 0.2) is 11.5 Å². The third-order valence-electron chi connectivity index (χ3n) is 4.48. The quantitative estimate of drug-likeness (QED) is 0.447. The molecule has 158 valence electrons. The summed E-state index contributed by atoms with van der Waals surface area (Å²) in [5.41, 5.74) is 3.24. The Balaban J connectivity index is 1.36. The molecule has 0 unspecified atom stereocenters. The van der Waals surface area contributed by atoms with E-state index in [1.54, 1.807) is 23.8 Å². The van der Waals surface area contributed by atoms with E-state index in [-0.39, 0.29) is 12.6 Å².